The third-order valence-electron chi connectivity index (χ3n) is 7.42. The molecule has 2 saturated heterocycles. The molecule has 2 aliphatic rings. The number of fused-ring (bicyclic) bond motifs is 2. The van der Waals surface area contributed by atoms with Gasteiger partial charge in [-0.3, -0.25) is 20.2 Å². The van der Waals surface area contributed by atoms with Crippen molar-refractivity contribution in [1.29, 1.82) is 0 Å². The van der Waals surface area contributed by atoms with Crippen LogP contribution in [0.3, 0.4) is 0 Å². The fourth-order valence-electron chi connectivity index (χ4n) is 5.18. The third kappa shape index (κ3) is 5.21. The van der Waals surface area contributed by atoms with Gasteiger partial charge in [0.2, 0.25) is 0 Å². The summed E-state index contributed by atoms with van der Waals surface area (Å²) in [5, 5.41) is 80.8. The summed E-state index contributed by atoms with van der Waals surface area (Å²) < 4.78 is 14.0. The Balaban J connectivity index is 0.000000168. The Bertz CT molecular complexity index is 1600. The minimum Gasteiger partial charge on any atom is -0.394 e. The number of ether oxygens (including phenoxy) is 2. The van der Waals surface area contributed by atoms with E-state index in [4.69, 9.17) is 19.7 Å². The number of rotatable bonds is 6. The number of hydrogen-bond donors (Lipinski definition) is 6. The number of nitro groups is 2. The van der Waals surface area contributed by atoms with E-state index in [1.165, 1.54) is 28.8 Å². The Morgan fingerprint density at radius 3 is 1.62 bits per heavy atom. The molecule has 0 spiro atoms. The fraction of sp³-hybridized carbons (Fsp3) is 0.385. The van der Waals surface area contributed by atoms with E-state index in [1.807, 2.05) is 0 Å². The maximum Gasteiger partial charge on any atom is 0.271 e. The molecule has 0 unspecified atom stereocenters. The summed E-state index contributed by atoms with van der Waals surface area (Å²) in [7, 11) is 0. The number of non-ortho nitro benzene ring substituents is 2. The van der Waals surface area contributed by atoms with Crippen LogP contribution < -0.4 is 0 Å². The predicted octanol–water partition coefficient (Wildman–Crippen LogP) is 0.322. The Hall–Kier alpha value is -4.00. The standard InChI is InChI=1S/2C13H14N2O6/c16-6-10-11(17)12(18)13(21-10)14-4-3-7-5-8(15(19)20)1-2-9(7)14;16-6-10-11(17)12(18)13(21-10)14-4-3-7-1-2-8(15(19)20)5-9(7)14/h2*1-5,10-13,16-18H,6H2/t2*10-,11-,12-,13-/m11/s1. The topological polar surface area (TPSA) is 236 Å². The molecule has 6 rings (SSSR count). The second kappa shape index (κ2) is 11.7. The van der Waals surface area contributed by atoms with Gasteiger partial charge in [-0.2, -0.15) is 0 Å². The molecular formula is C26H28N4O12. The van der Waals surface area contributed by atoms with Crippen LogP contribution in [-0.2, 0) is 9.47 Å². The van der Waals surface area contributed by atoms with Crippen molar-refractivity contribution in [2.24, 2.45) is 0 Å². The molecule has 2 aliphatic heterocycles. The lowest BCUT2D eigenvalue weighted by molar-refractivity contribution is -0.384. The van der Waals surface area contributed by atoms with Crippen molar-refractivity contribution in [3.8, 4) is 0 Å². The molecule has 42 heavy (non-hydrogen) atoms. The number of benzene rings is 2. The maximum absolute atomic E-state index is 10.9. The highest BCUT2D eigenvalue weighted by molar-refractivity contribution is 5.83. The van der Waals surface area contributed by atoms with Gasteiger partial charge < -0.3 is 49.2 Å². The van der Waals surface area contributed by atoms with Crippen molar-refractivity contribution in [3.63, 3.8) is 0 Å². The zero-order valence-corrected chi connectivity index (χ0v) is 21.7. The van der Waals surface area contributed by atoms with Crippen LogP contribution in [0.1, 0.15) is 12.5 Å². The van der Waals surface area contributed by atoms with E-state index >= 15 is 0 Å². The molecular weight excluding hydrogens is 560 g/mol. The third-order valence-corrected chi connectivity index (χ3v) is 7.42. The molecule has 0 radical (unpaired) electrons. The summed E-state index contributed by atoms with van der Waals surface area (Å²) in [6, 6.07) is 12.1. The molecule has 16 nitrogen and oxygen atoms in total. The number of aliphatic hydroxyl groups is 6. The molecule has 0 bridgehead atoms. The van der Waals surface area contributed by atoms with Gasteiger partial charge in [0.1, 0.15) is 36.6 Å². The molecule has 2 aromatic heterocycles. The lowest BCUT2D eigenvalue weighted by Crippen LogP contribution is -2.33. The lowest BCUT2D eigenvalue weighted by atomic mass is 10.1. The van der Waals surface area contributed by atoms with Crippen molar-refractivity contribution in [3.05, 3.63) is 81.2 Å². The van der Waals surface area contributed by atoms with Crippen LogP contribution in [0.25, 0.3) is 21.8 Å². The second-order valence-electron chi connectivity index (χ2n) is 9.90. The van der Waals surface area contributed by atoms with Gasteiger partial charge in [0, 0.05) is 47.4 Å². The van der Waals surface area contributed by atoms with E-state index in [-0.39, 0.29) is 11.4 Å². The molecule has 4 aromatic rings. The van der Waals surface area contributed by atoms with Gasteiger partial charge >= 0.3 is 0 Å². The minimum atomic E-state index is -1.22. The average Bonchev–Trinajstić information content (AvgIpc) is 3.73. The van der Waals surface area contributed by atoms with E-state index < -0.39 is 72.1 Å². The Labute approximate surface area is 236 Å². The summed E-state index contributed by atoms with van der Waals surface area (Å²) in [5.74, 6) is 0. The molecule has 8 atom stereocenters. The van der Waals surface area contributed by atoms with Gasteiger partial charge in [0.15, 0.2) is 12.5 Å². The summed E-state index contributed by atoms with van der Waals surface area (Å²) in [4.78, 5) is 20.6. The number of aliphatic hydroxyl groups excluding tert-OH is 6. The monoisotopic (exact) mass is 588 g/mol. The van der Waals surface area contributed by atoms with Gasteiger partial charge in [0.05, 0.1) is 34.1 Å². The molecule has 0 amide bonds. The highest BCUT2D eigenvalue weighted by Crippen LogP contribution is 2.35. The van der Waals surface area contributed by atoms with Crippen molar-refractivity contribution < 1.29 is 50.0 Å². The van der Waals surface area contributed by atoms with Gasteiger partial charge in [0.25, 0.3) is 11.4 Å². The van der Waals surface area contributed by atoms with Gasteiger partial charge in [-0.15, -0.1) is 0 Å². The number of nitro benzene ring substituents is 2. The summed E-state index contributed by atoms with van der Waals surface area (Å²) in [5.41, 5.74) is 1.05. The number of nitrogens with zero attached hydrogens (tertiary/aromatic N) is 4. The summed E-state index contributed by atoms with van der Waals surface area (Å²) in [6.45, 7) is -0.826. The highest BCUT2D eigenvalue weighted by Gasteiger charge is 2.44. The summed E-state index contributed by atoms with van der Waals surface area (Å²) >= 11 is 0. The van der Waals surface area contributed by atoms with E-state index in [2.05, 4.69) is 0 Å². The van der Waals surface area contributed by atoms with Crippen LogP contribution in [0.15, 0.2) is 60.9 Å². The zero-order valence-electron chi connectivity index (χ0n) is 21.7. The SMILES string of the molecule is O=[N+]([O-])c1ccc2c(ccn2[C@@H]2O[C@H](CO)[C@@H](O)[C@H]2O)c1.O=[N+]([O-])c1ccc2ccn([C@@H]3O[C@H](CO)[C@@H](O)[C@H]3O)c2c1. The Kier molecular flexibility index (Phi) is 8.22. The van der Waals surface area contributed by atoms with Crippen LogP contribution in [0, 0.1) is 20.2 Å². The summed E-state index contributed by atoms with van der Waals surface area (Å²) in [6.07, 6.45) is -5.07. The van der Waals surface area contributed by atoms with Crippen LogP contribution in [0.5, 0.6) is 0 Å². The van der Waals surface area contributed by atoms with Gasteiger partial charge in [-0.05, 0) is 24.3 Å². The van der Waals surface area contributed by atoms with Gasteiger partial charge in [-0.1, -0.05) is 0 Å². The van der Waals surface area contributed by atoms with Crippen molar-refractivity contribution in [1.82, 2.24) is 9.13 Å². The molecule has 2 aromatic carbocycles. The smallest absolute Gasteiger partial charge is 0.271 e. The van der Waals surface area contributed by atoms with Gasteiger partial charge in [-0.25, -0.2) is 0 Å². The molecule has 2 fully saturated rings. The molecule has 16 heteroatoms. The van der Waals surface area contributed by atoms with E-state index in [0.717, 1.165) is 5.39 Å². The van der Waals surface area contributed by atoms with Crippen molar-refractivity contribution in [2.45, 2.75) is 49.1 Å². The van der Waals surface area contributed by atoms with Crippen LogP contribution in [-0.4, -0.2) is 99.5 Å². The Morgan fingerprint density at radius 2 is 1.12 bits per heavy atom. The number of aromatic nitrogens is 2. The van der Waals surface area contributed by atoms with Crippen molar-refractivity contribution in [2.75, 3.05) is 13.2 Å². The van der Waals surface area contributed by atoms with Crippen LogP contribution in [0.2, 0.25) is 0 Å². The van der Waals surface area contributed by atoms with Crippen LogP contribution in [0.4, 0.5) is 11.4 Å². The molecule has 6 N–H and O–H groups in total. The molecule has 0 aliphatic carbocycles. The first-order valence-corrected chi connectivity index (χ1v) is 12.8. The predicted molar refractivity (Wildman–Crippen MR) is 143 cm³/mol. The van der Waals surface area contributed by atoms with E-state index in [1.54, 1.807) is 41.2 Å². The largest absolute Gasteiger partial charge is 0.394 e. The minimum absolute atomic E-state index is 0.0265. The number of hydrogen-bond acceptors (Lipinski definition) is 12. The zero-order chi connectivity index (χ0) is 30.3. The average molecular weight is 589 g/mol. The fourth-order valence-corrected chi connectivity index (χ4v) is 5.18. The molecule has 4 heterocycles. The van der Waals surface area contributed by atoms with E-state index in [9.17, 15) is 40.7 Å². The lowest BCUT2D eigenvalue weighted by Gasteiger charge is -2.17. The molecule has 224 valence electrons. The molecule has 0 saturated carbocycles. The first-order chi connectivity index (χ1) is 20.0. The van der Waals surface area contributed by atoms with E-state index in [0.29, 0.717) is 16.4 Å². The Morgan fingerprint density at radius 1 is 0.643 bits per heavy atom. The first-order valence-electron chi connectivity index (χ1n) is 12.8. The highest BCUT2D eigenvalue weighted by atomic mass is 16.6. The first kappa shape index (κ1) is 29.5. The maximum atomic E-state index is 10.9. The second-order valence-corrected chi connectivity index (χ2v) is 9.90. The van der Waals surface area contributed by atoms with Crippen molar-refractivity contribution >= 4 is 33.2 Å². The quantitative estimate of drug-likeness (QED) is 0.132. The normalized spacial score (nSPS) is 29.1. The van der Waals surface area contributed by atoms with Crippen LogP contribution >= 0.6 is 0 Å².